The van der Waals surface area contributed by atoms with Crippen LogP contribution in [0.2, 0.25) is 0 Å². The molecule has 1 amide bonds. The van der Waals surface area contributed by atoms with Crippen molar-refractivity contribution >= 4 is 29.1 Å². The van der Waals surface area contributed by atoms with Crippen LogP contribution in [0.4, 0.5) is 11.4 Å². The summed E-state index contributed by atoms with van der Waals surface area (Å²) in [6.07, 6.45) is 1.47. The van der Waals surface area contributed by atoms with E-state index in [1.54, 1.807) is 6.92 Å². The Labute approximate surface area is 160 Å². The van der Waals surface area contributed by atoms with Crippen LogP contribution in [-0.2, 0) is 4.79 Å². The normalized spacial score (nSPS) is 16.7. The number of rotatable bonds is 3. The van der Waals surface area contributed by atoms with E-state index in [-0.39, 0.29) is 24.0 Å². The number of hydrogen-bond acceptors (Lipinski definition) is 6. The van der Waals surface area contributed by atoms with Crippen molar-refractivity contribution in [3.05, 3.63) is 62.7 Å². The molecule has 0 N–H and O–H groups in total. The highest BCUT2D eigenvalue weighted by atomic mass is 16.7. The minimum Gasteiger partial charge on any atom is -0.454 e. The molecule has 0 atom stereocenters. The number of carbonyl (C=O) groups excluding carboxylic acids is 1. The number of anilines is 1. The number of hydrogen-bond donors (Lipinski definition) is 0. The van der Waals surface area contributed by atoms with Crippen LogP contribution in [0, 0.1) is 24.0 Å². The average molecular weight is 379 g/mol. The van der Waals surface area contributed by atoms with Crippen LogP contribution in [0.3, 0.4) is 0 Å². The zero-order valence-electron chi connectivity index (χ0n) is 15.6. The van der Waals surface area contributed by atoms with E-state index >= 15 is 0 Å². The number of fused-ring (bicyclic) bond motifs is 1. The topological polar surface area (TPSA) is 94.3 Å². The van der Waals surface area contributed by atoms with Gasteiger partial charge >= 0.3 is 0 Å². The van der Waals surface area contributed by atoms with Crippen LogP contribution < -0.4 is 14.5 Å². The van der Waals surface area contributed by atoms with Gasteiger partial charge in [-0.3, -0.25) is 14.9 Å². The van der Waals surface area contributed by atoms with E-state index in [2.05, 4.69) is 5.10 Å². The lowest BCUT2D eigenvalue weighted by Crippen LogP contribution is -2.21. The maximum absolute atomic E-state index is 12.9. The van der Waals surface area contributed by atoms with Crippen LogP contribution in [0.15, 0.2) is 41.0 Å². The predicted octanol–water partition coefficient (Wildman–Crippen LogP) is 3.75. The Bertz CT molecular complexity index is 1090. The molecule has 2 aromatic carbocycles. The molecule has 4 rings (SSSR count). The Kier molecular flexibility index (Phi) is 4.11. The number of aryl methyl sites for hydroxylation is 2. The number of carbonyl (C=O) groups is 1. The van der Waals surface area contributed by atoms with Gasteiger partial charge in [0, 0.05) is 0 Å². The van der Waals surface area contributed by atoms with Gasteiger partial charge in [-0.2, -0.15) is 10.1 Å². The van der Waals surface area contributed by atoms with E-state index < -0.39 is 4.92 Å². The van der Waals surface area contributed by atoms with Gasteiger partial charge in [0.05, 0.1) is 33.5 Å². The number of hydrazone groups is 1. The van der Waals surface area contributed by atoms with Gasteiger partial charge in [-0.1, -0.05) is 6.07 Å². The van der Waals surface area contributed by atoms with Gasteiger partial charge in [0.1, 0.15) is 0 Å². The van der Waals surface area contributed by atoms with Crippen LogP contribution in [0.5, 0.6) is 11.5 Å². The molecule has 0 radical (unpaired) electrons. The van der Waals surface area contributed by atoms with Gasteiger partial charge in [0.2, 0.25) is 6.79 Å². The molecular weight excluding hydrogens is 362 g/mol. The molecule has 142 valence electrons. The summed E-state index contributed by atoms with van der Waals surface area (Å²) in [7, 11) is 0. The number of amides is 1. The van der Waals surface area contributed by atoms with Gasteiger partial charge in [-0.05, 0) is 56.2 Å². The third-order valence-corrected chi connectivity index (χ3v) is 4.82. The maximum Gasteiger partial charge on any atom is 0.280 e. The zero-order valence-corrected chi connectivity index (χ0v) is 15.6. The Morgan fingerprint density at radius 2 is 1.82 bits per heavy atom. The van der Waals surface area contributed by atoms with E-state index in [4.69, 9.17) is 9.47 Å². The summed E-state index contributed by atoms with van der Waals surface area (Å²) >= 11 is 0. The molecule has 0 bridgehead atoms. The van der Waals surface area contributed by atoms with E-state index in [0.29, 0.717) is 28.5 Å². The number of nitro benzene ring substituents is 1. The highest BCUT2D eigenvalue weighted by molar-refractivity contribution is 6.32. The lowest BCUT2D eigenvalue weighted by atomic mass is 10.0. The van der Waals surface area contributed by atoms with Crippen molar-refractivity contribution in [1.29, 1.82) is 0 Å². The first-order valence-electron chi connectivity index (χ1n) is 8.62. The Balaban J connectivity index is 1.75. The van der Waals surface area contributed by atoms with E-state index in [9.17, 15) is 14.9 Å². The first-order valence-corrected chi connectivity index (χ1v) is 8.62. The van der Waals surface area contributed by atoms with Crippen molar-refractivity contribution in [2.24, 2.45) is 5.10 Å². The summed E-state index contributed by atoms with van der Waals surface area (Å²) in [5, 5.41) is 17.1. The van der Waals surface area contributed by atoms with Gasteiger partial charge in [-0.25, -0.2) is 0 Å². The Morgan fingerprint density at radius 3 is 2.50 bits per heavy atom. The number of nitro groups is 1. The third-order valence-electron chi connectivity index (χ3n) is 4.82. The highest BCUT2D eigenvalue weighted by Crippen LogP contribution is 2.39. The lowest BCUT2D eigenvalue weighted by molar-refractivity contribution is -0.385. The molecule has 2 aliphatic heterocycles. The minimum atomic E-state index is -0.513. The van der Waals surface area contributed by atoms with Crippen molar-refractivity contribution in [3.63, 3.8) is 0 Å². The second-order valence-corrected chi connectivity index (χ2v) is 6.65. The van der Waals surface area contributed by atoms with Crippen LogP contribution in [0.1, 0.15) is 23.6 Å². The summed E-state index contributed by atoms with van der Waals surface area (Å²) in [6.45, 7) is 5.66. The zero-order chi connectivity index (χ0) is 20.0. The number of ether oxygens (including phenoxy) is 2. The van der Waals surface area contributed by atoms with Crippen LogP contribution >= 0.6 is 0 Å². The second-order valence-electron chi connectivity index (χ2n) is 6.65. The molecule has 0 aliphatic carbocycles. The SMILES string of the molecule is CC1=NN(c2ccc(C)c(C)c2)C(=O)C1=Cc1cc2c(cc1[N+](=O)[O-])OCO2. The van der Waals surface area contributed by atoms with Crippen molar-refractivity contribution in [2.45, 2.75) is 20.8 Å². The van der Waals surface area contributed by atoms with Gasteiger partial charge in [0.25, 0.3) is 11.6 Å². The molecule has 8 heteroatoms. The van der Waals surface area contributed by atoms with Crippen LogP contribution in [-0.4, -0.2) is 23.3 Å². The molecular formula is C20H17N3O5. The first kappa shape index (κ1) is 17.7. The largest absolute Gasteiger partial charge is 0.454 e. The van der Waals surface area contributed by atoms with Gasteiger partial charge in [-0.15, -0.1) is 0 Å². The fourth-order valence-electron chi connectivity index (χ4n) is 3.09. The molecule has 2 aromatic rings. The van der Waals surface area contributed by atoms with Gasteiger partial charge in [0.15, 0.2) is 11.5 Å². The summed E-state index contributed by atoms with van der Waals surface area (Å²) in [4.78, 5) is 23.9. The molecule has 2 heterocycles. The number of benzene rings is 2. The van der Waals surface area contributed by atoms with Crippen molar-refractivity contribution < 1.29 is 19.2 Å². The molecule has 0 fully saturated rings. The molecule has 0 aromatic heterocycles. The fraction of sp³-hybridized carbons (Fsp3) is 0.200. The smallest absolute Gasteiger partial charge is 0.280 e. The quantitative estimate of drug-likeness (QED) is 0.460. The Morgan fingerprint density at radius 1 is 1.11 bits per heavy atom. The van der Waals surface area contributed by atoms with Crippen molar-refractivity contribution in [3.8, 4) is 11.5 Å². The number of nitrogens with zero attached hydrogens (tertiary/aromatic N) is 3. The second kappa shape index (κ2) is 6.49. The molecule has 2 aliphatic rings. The summed E-state index contributed by atoms with van der Waals surface area (Å²) < 4.78 is 10.5. The molecule has 0 saturated heterocycles. The van der Waals surface area contributed by atoms with Crippen molar-refractivity contribution in [2.75, 3.05) is 11.8 Å². The standard InChI is InChI=1S/C20H17N3O5/c1-11-4-5-15(6-12(11)2)22-20(24)16(13(3)21-22)7-14-8-18-19(28-10-27-18)9-17(14)23(25)26/h4-9H,10H2,1-3H3. The summed E-state index contributed by atoms with van der Waals surface area (Å²) in [6, 6.07) is 8.45. The lowest BCUT2D eigenvalue weighted by Gasteiger charge is -2.13. The first-order chi connectivity index (χ1) is 13.3. The monoisotopic (exact) mass is 379 g/mol. The maximum atomic E-state index is 12.9. The fourth-order valence-corrected chi connectivity index (χ4v) is 3.09. The van der Waals surface area contributed by atoms with Gasteiger partial charge < -0.3 is 9.47 Å². The van der Waals surface area contributed by atoms with E-state index in [1.807, 2.05) is 32.0 Å². The molecule has 0 spiro atoms. The van der Waals surface area contributed by atoms with E-state index in [0.717, 1.165) is 11.1 Å². The average Bonchev–Trinajstić information content (AvgIpc) is 3.22. The predicted molar refractivity (Wildman–Crippen MR) is 104 cm³/mol. The molecule has 28 heavy (non-hydrogen) atoms. The Hall–Kier alpha value is -3.68. The van der Waals surface area contributed by atoms with Crippen molar-refractivity contribution in [1.82, 2.24) is 0 Å². The van der Waals surface area contributed by atoms with E-state index in [1.165, 1.54) is 23.2 Å². The third kappa shape index (κ3) is 2.88. The van der Waals surface area contributed by atoms with Crippen LogP contribution in [0.25, 0.3) is 6.08 Å². The highest BCUT2D eigenvalue weighted by Gasteiger charge is 2.30. The molecule has 0 unspecified atom stereocenters. The minimum absolute atomic E-state index is 0.00643. The summed E-state index contributed by atoms with van der Waals surface area (Å²) in [5.41, 5.74) is 3.67. The molecule has 0 saturated carbocycles. The summed E-state index contributed by atoms with van der Waals surface area (Å²) in [5.74, 6) is 0.380. The molecule has 8 nitrogen and oxygen atoms in total.